The summed E-state index contributed by atoms with van der Waals surface area (Å²) in [6, 6.07) is 10.2. The molecule has 2 rings (SSSR count). The van der Waals surface area contributed by atoms with E-state index < -0.39 is 0 Å². The van der Waals surface area contributed by atoms with E-state index in [1.165, 1.54) is 5.56 Å². The fourth-order valence-corrected chi connectivity index (χ4v) is 2.86. The van der Waals surface area contributed by atoms with Gasteiger partial charge in [-0.05, 0) is 5.56 Å². The van der Waals surface area contributed by atoms with E-state index in [1.54, 1.807) is 11.3 Å². The molecule has 0 atom stereocenters. The largest absolute Gasteiger partial charge is 0.376 e. The molecule has 0 unspecified atom stereocenters. The van der Waals surface area contributed by atoms with Gasteiger partial charge in [0.25, 0.3) is 0 Å². The first-order chi connectivity index (χ1) is 9.62. The van der Waals surface area contributed by atoms with Crippen LogP contribution in [-0.2, 0) is 23.2 Å². The van der Waals surface area contributed by atoms with Gasteiger partial charge in [0, 0.05) is 17.2 Å². The smallest absolute Gasteiger partial charge is 0.101 e. The van der Waals surface area contributed by atoms with Gasteiger partial charge in [0.05, 0.1) is 18.9 Å². The summed E-state index contributed by atoms with van der Waals surface area (Å²) in [5, 5.41) is 3.23. The van der Waals surface area contributed by atoms with Gasteiger partial charge in [-0.3, -0.25) is 0 Å². The van der Waals surface area contributed by atoms with Crippen molar-refractivity contribution in [1.82, 2.24) is 4.98 Å². The lowest BCUT2D eigenvalue weighted by atomic mass is 9.96. The van der Waals surface area contributed by atoms with Crippen LogP contribution in [0, 0.1) is 0 Å². The molecular formula is C17H21NOS. The highest BCUT2D eigenvalue weighted by Crippen LogP contribution is 2.27. The van der Waals surface area contributed by atoms with Crippen LogP contribution in [0.25, 0.3) is 0 Å². The van der Waals surface area contributed by atoms with Gasteiger partial charge in [0.2, 0.25) is 0 Å². The molecule has 2 aromatic rings. The molecule has 0 fully saturated rings. The normalized spacial score (nSPS) is 11.5. The summed E-state index contributed by atoms with van der Waals surface area (Å²) in [5.41, 5.74) is 2.24. The van der Waals surface area contributed by atoms with Crippen molar-refractivity contribution in [1.29, 1.82) is 0 Å². The van der Waals surface area contributed by atoms with Crippen LogP contribution in [0.1, 0.15) is 30.1 Å². The molecule has 0 spiro atoms. The third-order valence-electron chi connectivity index (χ3n) is 3.06. The Bertz CT molecular complexity index is 545. The number of hydrogen-bond acceptors (Lipinski definition) is 3. The Morgan fingerprint density at radius 1 is 1.30 bits per heavy atom. The van der Waals surface area contributed by atoms with E-state index in [0.29, 0.717) is 13.2 Å². The molecule has 3 heteroatoms. The third-order valence-corrected chi connectivity index (χ3v) is 4.32. The summed E-state index contributed by atoms with van der Waals surface area (Å²) < 4.78 is 5.85. The van der Waals surface area contributed by atoms with Crippen molar-refractivity contribution < 1.29 is 4.74 Å². The second kappa shape index (κ2) is 6.82. The fourth-order valence-electron chi connectivity index (χ4n) is 1.92. The standard InChI is InChI=1S/C17H21NOS/c1-4-8-15-12-20-16(18-15)17(2,3)13-19-11-14-9-6-5-7-10-14/h4-7,9-10,12H,1,8,11,13H2,2-3H3. The fraction of sp³-hybridized carbons (Fsp3) is 0.353. The minimum Gasteiger partial charge on any atom is -0.376 e. The highest BCUT2D eigenvalue weighted by atomic mass is 32.1. The second-order valence-corrected chi connectivity index (χ2v) is 6.36. The number of thiazole rings is 1. The molecule has 0 saturated heterocycles. The van der Waals surface area contributed by atoms with E-state index in [1.807, 2.05) is 24.3 Å². The predicted molar refractivity (Wildman–Crippen MR) is 85.1 cm³/mol. The van der Waals surface area contributed by atoms with Crippen LogP contribution in [0.15, 0.2) is 48.4 Å². The molecule has 0 radical (unpaired) electrons. The van der Waals surface area contributed by atoms with Crippen LogP contribution in [0.2, 0.25) is 0 Å². The van der Waals surface area contributed by atoms with E-state index in [9.17, 15) is 0 Å². The molecule has 2 nitrogen and oxygen atoms in total. The molecule has 1 aromatic heterocycles. The number of ether oxygens (including phenoxy) is 1. The van der Waals surface area contributed by atoms with E-state index in [0.717, 1.165) is 17.1 Å². The van der Waals surface area contributed by atoms with Crippen molar-refractivity contribution in [2.24, 2.45) is 0 Å². The summed E-state index contributed by atoms with van der Waals surface area (Å²) in [5.74, 6) is 0. The number of nitrogens with zero attached hydrogens (tertiary/aromatic N) is 1. The van der Waals surface area contributed by atoms with Crippen LogP contribution in [0.4, 0.5) is 0 Å². The number of benzene rings is 1. The van der Waals surface area contributed by atoms with Crippen molar-refractivity contribution in [3.05, 3.63) is 64.6 Å². The van der Waals surface area contributed by atoms with Crippen molar-refractivity contribution in [3.63, 3.8) is 0 Å². The predicted octanol–water partition coefficient (Wildman–Crippen LogP) is 4.37. The second-order valence-electron chi connectivity index (χ2n) is 5.50. The van der Waals surface area contributed by atoms with Crippen molar-refractivity contribution in [2.75, 3.05) is 6.61 Å². The Morgan fingerprint density at radius 3 is 2.75 bits per heavy atom. The van der Waals surface area contributed by atoms with E-state index >= 15 is 0 Å². The van der Waals surface area contributed by atoms with Crippen molar-refractivity contribution >= 4 is 11.3 Å². The Labute approximate surface area is 125 Å². The van der Waals surface area contributed by atoms with E-state index in [4.69, 9.17) is 4.74 Å². The van der Waals surface area contributed by atoms with Gasteiger partial charge in [-0.15, -0.1) is 17.9 Å². The Morgan fingerprint density at radius 2 is 2.05 bits per heavy atom. The summed E-state index contributed by atoms with van der Waals surface area (Å²) in [6.45, 7) is 9.42. The van der Waals surface area contributed by atoms with Crippen molar-refractivity contribution in [2.45, 2.75) is 32.3 Å². The van der Waals surface area contributed by atoms with Crippen LogP contribution >= 0.6 is 11.3 Å². The average molecular weight is 287 g/mol. The van der Waals surface area contributed by atoms with Crippen LogP contribution in [-0.4, -0.2) is 11.6 Å². The number of rotatable bonds is 7. The first-order valence-corrected chi connectivity index (χ1v) is 7.67. The Balaban J connectivity index is 1.91. The summed E-state index contributed by atoms with van der Waals surface area (Å²) in [4.78, 5) is 4.66. The van der Waals surface area contributed by atoms with Gasteiger partial charge in [-0.25, -0.2) is 4.98 Å². The lowest BCUT2D eigenvalue weighted by molar-refractivity contribution is 0.0823. The minimum absolute atomic E-state index is 0.0567. The summed E-state index contributed by atoms with van der Waals surface area (Å²) in [6.07, 6.45) is 2.72. The van der Waals surface area contributed by atoms with Crippen LogP contribution < -0.4 is 0 Å². The van der Waals surface area contributed by atoms with Crippen LogP contribution in [0.3, 0.4) is 0 Å². The molecule has 20 heavy (non-hydrogen) atoms. The molecule has 0 aliphatic rings. The van der Waals surface area contributed by atoms with Crippen molar-refractivity contribution in [3.8, 4) is 0 Å². The zero-order valence-electron chi connectivity index (χ0n) is 12.1. The molecule has 1 heterocycles. The maximum Gasteiger partial charge on any atom is 0.101 e. The molecule has 106 valence electrons. The van der Waals surface area contributed by atoms with Gasteiger partial charge in [-0.1, -0.05) is 50.3 Å². The zero-order chi connectivity index (χ0) is 14.4. The number of hydrogen-bond donors (Lipinski definition) is 0. The SMILES string of the molecule is C=CCc1csc(C(C)(C)COCc2ccccc2)n1. The van der Waals surface area contributed by atoms with Gasteiger partial charge < -0.3 is 4.74 Å². The molecule has 0 N–H and O–H groups in total. The zero-order valence-corrected chi connectivity index (χ0v) is 13.0. The van der Waals surface area contributed by atoms with Crippen LogP contribution in [0.5, 0.6) is 0 Å². The molecular weight excluding hydrogens is 266 g/mol. The molecule has 0 amide bonds. The maximum atomic E-state index is 5.85. The monoisotopic (exact) mass is 287 g/mol. The van der Waals surface area contributed by atoms with E-state index in [2.05, 4.69) is 42.9 Å². The first kappa shape index (κ1) is 14.9. The van der Waals surface area contributed by atoms with Gasteiger partial charge in [-0.2, -0.15) is 0 Å². The van der Waals surface area contributed by atoms with E-state index in [-0.39, 0.29) is 5.41 Å². The summed E-state index contributed by atoms with van der Waals surface area (Å²) >= 11 is 1.70. The quantitative estimate of drug-likeness (QED) is 0.706. The lowest BCUT2D eigenvalue weighted by Gasteiger charge is -2.21. The maximum absolute atomic E-state index is 5.85. The Hall–Kier alpha value is -1.45. The summed E-state index contributed by atoms with van der Waals surface area (Å²) in [7, 11) is 0. The molecule has 0 saturated carbocycles. The average Bonchev–Trinajstić information content (AvgIpc) is 2.90. The molecule has 0 bridgehead atoms. The van der Waals surface area contributed by atoms with Gasteiger partial charge in [0.15, 0.2) is 0 Å². The highest BCUT2D eigenvalue weighted by molar-refractivity contribution is 7.09. The van der Waals surface area contributed by atoms with Gasteiger partial charge in [0.1, 0.15) is 5.01 Å². The third kappa shape index (κ3) is 4.02. The highest BCUT2D eigenvalue weighted by Gasteiger charge is 2.24. The lowest BCUT2D eigenvalue weighted by Crippen LogP contribution is -2.24. The molecule has 0 aliphatic heterocycles. The van der Waals surface area contributed by atoms with Gasteiger partial charge >= 0.3 is 0 Å². The Kier molecular flexibility index (Phi) is 5.10. The minimum atomic E-state index is -0.0567. The molecule has 0 aliphatic carbocycles. The number of allylic oxidation sites excluding steroid dienone is 1. The number of aromatic nitrogens is 1. The first-order valence-electron chi connectivity index (χ1n) is 6.79. The molecule has 1 aromatic carbocycles. The topological polar surface area (TPSA) is 22.1 Å².